The molecule has 2 fully saturated rings. The van der Waals surface area contributed by atoms with Gasteiger partial charge in [-0.15, -0.1) is 0 Å². The van der Waals surface area contributed by atoms with Gasteiger partial charge in [0.15, 0.2) is 5.65 Å². The maximum atomic E-state index is 14.3. The van der Waals surface area contributed by atoms with Crippen molar-refractivity contribution in [2.45, 2.75) is 50.7 Å². The summed E-state index contributed by atoms with van der Waals surface area (Å²) in [4.78, 5) is 36.5. The zero-order valence-electron chi connectivity index (χ0n) is 23.5. The molecule has 1 saturated carbocycles. The minimum atomic E-state index is -0.613. The maximum Gasteiger partial charge on any atom is 0.337 e. The molecule has 0 amide bonds. The molecule has 214 valence electrons. The fraction of sp³-hybridized carbons (Fsp3) is 0.406. The van der Waals surface area contributed by atoms with Gasteiger partial charge in [-0.05, 0) is 87.1 Å². The van der Waals surface area contributed by atoms with Crippen LogP contribution in [0.5, 0.6) is 0 Å². The van der Waals surface area contributed by atoms with E-state index in [-0.39, 0.29) is 23.1 Å². The average molecular weight is 557 g/mol. The van der Waals surface area contributed by atoms with E-state index in [1.807, 2.05) is 24.3 Å². The third-order valence-electron chi connectivity index (χ3n) is 8.61. The number of aromatic nitrogens is 3. The molecular formula is C32H37FN6O2. The Balaban J connectivity index is 1.36. The maximum absolute atomic E-state index is 14.3. The highest BCUT2D eigenvalue weighted by Gasteiger charge is 2.26. The predicted octanol–water partition coefficient (Wildman–Crippen LogP) is 3.93. The van der Waals surface area contributed by atoms with Gasteiger partial charge in [0.25, 0.3) is 5.56 Å². The van der Waals surface area contributed by atoms with Crippen molar-refractivity contribution >= 4 is 11.0 Å². The van der Waals surface area contributed by atoms with E-state index in [0.29, 0.717) is 18.5 Å². The van der Waals surface area contributed by atoms with Crippen molar-refractivity contribution in [3.05, 3.63) is 93.0 Å². The summed E-state index contributed by atoms with van der Waals surface area (Å²) < 4.78 is 17.0. The number of hydrogen-bond acceptors (Lipinski definition) is 6. The number of likely N-dealkylation sites (N-methyl/N-ethyl adjacent to an activating group) is 1. The van der Waals surface area contributed by atoms with Gasteiger partial charge in [0.2, 0.25) is 0 Å². The third-order valence-corrected chi connectivity index (χ3v) is 8.61. The quantitative estimate of drug-likeness (QED) is 0.401. The number of benzene rings is 2. The molecule has 41 heavy (non-hydrogen) atoms. The molecule has 3 heterocycles. The molecule has 1 aliphatic heterocycles. The zero-order valence-corrected chi connectivity index (χ0v) is 23.5. The Morgan fingerprint density at radius 2 is 1.71 bits per heavy atom. The Hall–Kier alpha value is -3.66. The fourth-order valence-electron chi connectivity index (χ4n) is 6.24. The summed E-state index contributed by atoms with van der Waals surface area (Å²) in [6.45, 7) is 5.32. The second-order valence-electron chi connectivity index (χ2n) is 11.6. The summed E-state index contributed by atoms with van der Waals surface area (Å²) in [5.41, 5.74) is 9.09. The highest BCUT2D eigenvalue weighted by Crippen LogP contribution is 2.27. The van der Waals surface area contributed by atoms with Gasteiger partial charge in [0.05, 0.1) is 17.3 Å². The van der Waals surface area contributed by atoms with E-state index < -0.39 is 17.1 Å². The summed E-state index contributed by atoms with van der Waals surface area (Å²) in [5.74, 6) is -0.613. The smallest absolute Gasteiger partial charge is 0.328 e. The normalized spacial score (nSPS) is 20.8. The Morgan fingerprint density at radius 3 is 2.49 bits per heavy atom. The predicted molar refractivity (Wildman–Crippen MR) is 160 cm³/mol. The monoisotopic (exact) mass is 556 g/mol. The summed E-state index contributed by atoms with van der Waals surface area (Å²) in [7, 11) is 2.18. The third kappa shape index (κ3) is 5.75. The van der Waals surface area contributed by atoms with Crippen molar-refractivity contribution in [1.29, 1.82) is 0 Å². The molecule has 0 bridgehead atoms. The van der Waals surface area contributed by atoms with Crippen molar-refractivity contribution < 1.29 is 4.39 Å². The Labute approximate surface area is 238 Å². The molecule has 1 saturated heterocycles. The first-order valence-electron chi connectivity index (χ1n) is 14.6. The van der Waals surface area contributed by atoms with E-state index >= 15 is 0 Å². The molecule has 2 N–H and O–H groups in total. The Kier molecular flexibility index (Phi) is 7.84. The van der Waals surface area contributed by atoms with Crippen molar-refractivity contribution in [2.24, 2.45) is 5.73 Å². The van der Waals surface area contributed by atoms with Gasteiger partial charge >= 0.3 is 5.69 Å². The van der Waals surface area contributed by atoms with Gasteiger partial charge in [-0.2, -0.15) is 0 Å². The highest BCUT2D eigenvalue weighted by atomic mass is 19.1. The molecule has 0 radical (unpaired) electrons. The van der Waals surface area contributed by atoms with Gasteiger partial charge in [-0.25, -0.2) is 18.7 Å². The number of hydrogen-bond donors (Lipinski definition) is 1. The van der Waals surface area contributed by atoms with Crippen LogP contribution < -0.4 is 17.0 Å². The van der Waals surface area contributed by atoms with Crippen LogP contribution in [0.1, 0.15) is 43.7 Å². The molecule has 4 aromatic rings. The van der Waals surface area contributed by atoms with Crippen LogP contribution >= 0.6 is 0 Å². The number of nitrogens with two attached hydrogens (primary N) is 1. The van der Waals surface area contributed by atoms with E-state index in [1.54, 1.807) is 0 Å². The largest absolute Gasteiger partial charge is 0.337 e. The van der Waals surface area contributed by atoms with Gasteiger partial charge < -0.3 is 10.6 Å². The molecule has 2 aromatic carbocycles. The number of fused-ring (bicyclic) bond motifs is 1. The molecule has 1 aliphatic carbocycles. The lowest BCUT2D eigenvalue weighted by atomic mass is 9.91. The molecule has 0 unspecified atom stereocenters. The van der Waals surface area contributed by atoms with E-state index in [4.69, 9.17) is 5.73 Å². The van der Waals surface area contributed by atoms with E-state index in [2.05, 4.69) is 46.1 Å². The summed E-state index contributed by atoms with van der Waals surface area (Å²) in [6.07, 6.45) is 4.95. The SMILES string of the molecule is CN1CCCN(Cc2ccc(-c3cccc(-n4c(=O)n(C5CCC(N)CC5)c(=O)c5cc(F)cnc54)c3)cc2)CC1. The minimum Gasteiger partial charge on any atom is -0.328 e. The second kappa shape index (κ2) is 11.7. The lowest BCUT2D eigenvalue weighted by molar-refractivity contribution is 0.269. The van der Waals surface area contributed by atoms with Crippen molar-refractivity contribution in [3.8, 4) is 16.8 Å². The molecular weight excluding hydrogens is 519 g/mol. The first kappa shape index (κ1) is 27.5. The molecule has 9 heteroatoms. The van der Waals surface area contributed by atoms with E-state index in [1.165, 1.54) is 27.2 Å². The fourth-order valence-corrected chi connectivity index (χ4v) is 6.24. The number of pyridine rings is 1. The van der Waals surface area contributed by atoms with E-state index in [0.717, 1.165) is 62.9 Å². The van der Waals surface area contributed by atoms with Crippen molar-refractivity contribution in [1.82, 2.24) is 23.9 Å². The first-order valence-corrected chi connectivity index (χ1v) is 14.6. The lowest BCUT2D eigenvalue weighted by Gasteiger charge is -2.28. The highest BCUT2D eigenvalue weighted by molar-refractivity contribution is 5.76. The van der Waals surface area contributed by atoms with Crippen LogP contribution in [0.25, 0.3) is 27.8 Å². The van der Waals surface area contributed by atoms with E-state index in [9.17, 15) is 14.0 Å². The number of halogens is 1. The molecule has 0 spiro atoms. The van der Waals surface area contributed by atoms with Crippen molar-refractivity contribution in [3.63, 3.8) is 0 Å². The summed E-state index contributed by atoms with van der Waals surface area (Å²) in [6, 6.07) is 17.2. The van der Waals surface area contributed by atoms with Crippen molar-refractivity contribution in [2.75, 3.05) is 33.2 Å². The van der Waals surface area contributed by atoms with Crippen LogP contribution in [0.3, 0.4) is 0 Å². The summed E-state index contributed by atoms with van der Waals surface area (Å²) in [5, 5.41) is 0.0916. The van der Waals surface area contributed by atoms with Gasteiger partial charge in [-0.1, -0.05) is 36.4 Å². The van der Waals surface area contributed by atoms with Crippen LogP contribution in [-0.4, -0.2) is 63.2 Å². The van der Waals surface area contributed by atoms with Crippen LogP contribution in [0.2, 0.25) is 0 Å². The average Bonchev–Trinajstić information content (AvgIpc) is 3.18. The Morgan fingerprint density at radius 1 is 0.927 bits per heavy atom. The van der Waals surface area contributed by atoms with Gasteiger partial charge in [0.1, 0.15) is 5.82 Å². The summed E-state index contributed by atoms with van der Waals surface area (Å²) >= 11 is 0. The van der Waals surface area contributed by atoms with Gasteiger partial charge in [0, 0.05) is 31.7 Å². The first-order chi connectivity index (χ1) is 19.9. The zero-order chi connectivity index (χ0) is 28.5. The topological polar surface area (TPSA) is 89.4 Å². The molecule has 2 aliphatic rings. The van der Waals surface area contributed by atoms with Crippen LogP contribution in [0, 0.1) is 5.82 Å². The minimum absolute atomic E-state index is 0.0675. The Bertz CT molecular complexity index is 1660. The van der Waals surface area contributed by atoms with Gasteiger partial charge in [-0.3, -0.25) is 14.3 Å². The standard InChI is InChI=1S/C32H37FN6O2/c1-36-14-3-15-37(17-16-36)21-22-6-8-23(9-7-22)24-4-2-5-28(18-24)38-30-29(19-25(33)20-35-30)31(40)39(32(38)41)27-12-10-26(34)11-13-27/h2,4-9,18-20,26-27H,3,10-17,21,34H2,1H3. The molecule has 6 rings (SSSR count). The van der Waals surface area contributed by atoms with Crippen LogP contribution in [-0.2, 0) is 6.54 Å². The number of rotatable bonds is 5. The van der Waals surface area contributed by atoms with Crippen LogP contribution in [0.15, 0.2) is 70.4 Å². The van der Waals surface area contributed by atoms with Crippen LogP contribution in [0.4, 0.5) is 4.39 Å². The molecule has 8 nitrogen and oxygen atoms in total. The number of nitrogens with zero attached hydrogens (tertiary/aromatic N) is 5. The molecule has 0 atom stereocenters. The second-order valence-corrected chi connectivity index (χ2v) is 11.6. The lowest BCUT2D eigenvalue weighted by Crippen LogP contribution is -2.44. The molecule has 2 aromatic heterocycles.